The van der Waals surface area contributed by atoms with Gasteiger partial charge in [0.2, 0.25) is 34.8 Å². The molecule has 0 unspecified atom stereocenters. The first-order valence-electron chi connectivity index (χ1n) is 8.74. The first-order valence-corrected chi connectivity index (χ1v) is 8.74. The Hall–Kier alpha value is -2.44. The van der Waals surface area contributed by atoms with Gasteiger partial charge in [0.05, 0.1) is 0 Å². The first kappa shape index (κ1) is 23.6. The van der Waals surface area contributed by atoms with Crippen molar-refractivity contribution in [3.05, 3.63) is 64.0 Å². The molecule has 1 aromatic carbocycles. The van der Waals surface area contributed by atoms with Crippen LogP contribution in [0.4, 0.5) is 22.0 Å². The normalized spacial score (nSPS) is 12.2. The summed E-state index contributed by atoms with van der Waals surface area (Å²) in [6.07, 6.45) is 8.09. The van der Waals surface area contributed by atoms with Crippen LogP contribution < -0.4 is 4.74 Å². The monoisotopic (exact) mass is 402 g/mol. The fourth-order valence-electron chi connectivity index (χ4n) is 2.31. The summed E-state index contributed by atoms with van der Waals surface area (Å²) in [6, 6.07) is 0. The summed E-state index contributed by atoms with van der Waals surface area (Å²) in [4.78, 5) is 11.7. The molecule has 0 aliphatic carbocycles. The molecule has 0 aliphatic heterocycles. The van der Waals surface area contributed by atoms with Crippen molar-refractivity contribution in [1.82, 2.24) is 0 Å². The SMILES string of the molecule is CC(C)=CCC/C(C)=C/CC/C(C)=C/C(=O)Oc1c(F)c(F)c(F)c(F)c1F. The van der Waals surface area contributed by atoms with E-state index in [0.717, 1.165) is 18.9 Å². The van der Waals surface area contributed by atoms with Gasteiger partial charge < -0.3 is 4.74 Å². The van der Waals surface area contributed by atoms with Gasteiger partial charge in [0, 0.05) is 6.08 Å². The van der Waals surface area contributed by atoms with Crippen LogP contribution in [-0.2, 0) is 4.79 Å². The maximum atomic E-state index is 13.5. The third-order valence-corrected chi connectivity index (χ3v) is 3.86. The van der Waals surface area contributed by atoms with E-state index in [1.807, 2.05) is 26.8 Å². The van der Waals surface area contributed by atoms with Crippen LogP contribution in [0.15, 0.2) is 34.9 Å². The Morgan fingerprint density at radius 1 is 0.750 bits per heavy atom. The lowest BCUT2D eigenvalue weighted by atomic mass is 10.1. The van der Waals surface area contributed by atoms with E-state index in [9.17, 15) is 26.7 Å². The van der Waals surface area contributed by atoms with Gasteiger partial charge in [0.15, 0.2) is 0 Å². The fraction of sp³-hybridized carbons (Fsp3) is 0.381. The molecule has 0 aliphatic rings. The number of halogens is 5. The zero-order valence-electron chi connectivity index (χ0n) is 16.3. The van der Waals surface area contributed by atoms with Crippen LogP contribution >= 0.6 is 0 Å². The Balaban J connectivity index is 2.70. The van der Waals surface area contributed by atoms with E-state index in [0.29, 0.717) is 18.4 Å². The van der Waals surface area contributed by atoms with Gasteiger partial charge in [-0.25, -0.2) is 18.0 Å². The molecule has 0 saturated heterocycles. The van der Waals surface area contributed by atoms with E-state index in [2.05, 4.69) is 10.8 Å². The van der Waals surface area contributed by atoms with Gasteiger partial charge in [-0.1, -0.05) is 28.9 Å². The largest absolute Gasteiger partial charge is 0.417 e. The molecule has 7 heteroatoms. The summed E-state index contributed by atoms with van der Waals surface area (Å²) in [6.45, 7) is 7.65. The van der Waals surface area contributed by atoms with Crippen LogP contribution in [-0.4, -0.2) is 5.97 Å². The van der Waals surface area contributed by atoms with Crippen molar-refractivity contribution in [3.8, 4) is 5.75 Å². The highest BCUT2D eigenvalue weighted by Crippen LogP contribution is 2.29. The predicted octanol–water partition coefficient (Wildman–Crippen LogP) is 6.71. The summed E-state index contributed by atoms with van der Waals surface area (Å²) in [7, 11) is 0. The summed E-state index contributed by atoms with van der Waals surface area (Å²) < 4.78 is 70.6. The van der Waals surface area contributed by atoms with Crippen LogP contribution in [0.5, 0.6) is 5.75 Å². The van der Waals surface area contributed by atoms with E-state index >= 15 is 0 Å². The second-order valence-corrected chi connectivity index (χ2v) is 6.72. The van der Waals surface area contributed by atoms with E-state index in [1.165, 1.54) is 11.1 Å². The molecular weight excluding hydrogens is 379 g/mol. The molecule has 0 heterocycles. The van der Waals surface area contributed by atoms with Gasteiger partial charge in [-0.15, -0.1) is 0 Å². The average Bonchev–Trinajstić information content (AvgIpc) is 2.61. The number of carbonyl (C=O) groups is 1. The molecule has 1 rings (SSSR count). The highest BCUT2D eigenvalue weighted by Gasteiger charge is 2.28. The molecule has 154 valence electrons. The van der Waals surface area contributed by atoms with Crippen molar-refractivity contribution >= 4 is 5.97 Å². The topological polar surface area (TPSA) is 26.3 Å². The van der Waals surface area contributed by atoms with Gasteiger partial charge in [0.25, 0.3) is 0 Å². The van der Waals surface area contributed by atoms with Crippen LogP contribution in [0.1, 0.15) is 53.4 Å². The summed E-state index contributed by atoms with van der Waals surface area (Å²) >= 11 is 0. The van der Waals surface area contributed by atoms with Gasteiger partial charge >= 0.3 is 5.97 Å². The minimum absolute atomic E-state index is 0.478. The molecule has 0 N–H and O–H groups in total. The molecule has 1 aromatic rings. The van der Waals surface area contributed by atoms with Crippen molar-refractivity contribution in [3.63, 3.8) is 0 Å². The third-order valence-electron chi connectivity index (χ3n) is 3.86. The Morgan fingerprint density at radius 2 is 1.21 bits per heavy atom. The second kappa shape index (κ2) is 10.8. The number of hydrogen-bond acceptors (Lipinski definition) is 2. The molecule has 0 atom stereocenters. The molecule has 0 amide bonds. The Labute approximate surface area is 161 Å². The summed E-state index contributed by atoms with van der Waals surface area (Å²) in [5, 5.41) is 0. The fourth-order valence-corrected chi connectivity index (χ4v) is 2.31. The minimum Gasteiger partial charge on any atom is -0.417 e. The number of esters is 1. The lowest BCUT2D eigenvalue weighted by molar-refractivity contribution is -0.129. The molecule has 0 saturated carbocycles. The molecule has 2 nitrogen and oxygen atoms in total. The van der Waals surface area contributed by atoms with Crippen molar-refractivity contribution in [2.75, 3.05) is 0 Å². The number of allylic oxidation sites excluding steroid dienone is 5. The Morgan fingerprint density at radius 3 is 1.75 bits per heavy atom. The maximum absolute atomic E-state index is 13.5. The molecule has 0 bridgehead atoms. The van der Waals surface area contributed by atoms with Crippen molar-refractivity contribution in [1.29, 1.82) is 0 Å². The van der Waals surface area contributed by atoms with Crippen LogP contribution in [0, 0.1) is 29.1 Å². The van der Waals surface area contributed by atoms with Crippen molar-refractivity contribution in [2.24, 2.45) is 0 Å². The van der Waals surface area contributed by atoms with Crippen LogP contribution in [0.3, 0.4) is 0 Å². The Bertz CT molecular complexity index is 790. The van der Waals surface area contributed by atoms with E-state index in [-0.39, 0.29) is 0 Å². The molecule has 0 spiro atoms. The molecular formula is C21H23F5O2. The maximum Gasteiger partial charge on any atom is 0.336 e. The van der Waals surface area contributed by atoms with Gasteiger partial charge in [0.1, 0.15) is 0 Å². The van der Waals surface area contributed by atoms with Gasteiger partial charge in [-0.05, 0) is 53.4 Å². The molecule has 0 fully saturated rings. The third kappa shape index (κ3) is 6.94. The lowest BCUT2D eigenvalue weighted by Crippen LogP contribution is -2.11. The molecule has 28 heavy (non-hydrogen) atoms. The van der Waals surface area contributed by atoms with Crippen molar-refractivity contribution in [2.45, 2.75) is 53.4 Å². The Kier molecular flexibility index (Phi) is 9.09. The van der Waals surface area contributed by atoms with E-state index in [1.54, 1.807) is 6.92 Å². The zero-order chi connectivity index (χ0) is 21.4. The van der Waals surface area contributed by atoms with E-state index < -0.39 is 40.8 Å². The lowest BCUT2D eigenvalue weighted by Gasteiger charge is -2.08. The van der Waals surface area contributed by atoms with Gasteiger partial charge in [-0.2, -0.15) is 8.78 Å². The molecule has 0 aromatic heterocycles. The number of benzene rings is 1. The molecule has 0 radical (unpaired) electrons. The zero-order valence-corrected chi connectivity index (χ0v) is 16.3. The second-order valence-electron chi connectivity index (χ2n) is 6.72. The highest BCUT2D eigenvalue weighted by atomic mass is 19.2. The quantitative estimate of drug-likeness (QED) is 0.0919. The van der Waals surface area contributed by atoms with Crippen LogP contribution in [0.2, 0.25) is 0 Å². The number of rotatable bonds is 8. The van der Waals surface area contributed by atoms with Crippen LogP contribution in [0.25, 0.3) is 0 Å². The number of carbonyl (C=O) groups excluding carboxylic acids is 1. The number of hydrogen-bond donors (Lipinski definition) is 0. The summed E-state index contributed by atoms with van der Waals surface area (Å²) in [5.74, 6) is -13.9. The minimum atomic E-state index is -2.31. The smallest absolute Gasteiger partial charge is 0.336 e. The standard InChI is InChI=1S/C21H23F5O2/c1-12(2)7-5-8-13(3)9-6-10-14(4)11-15(27)28-21-19(25)17(23)16(22)18(24)20(21)26/h7,9,11H,5-6,8,10H2,1-4H3/b13-9+,14-11+. The van der Waals surface area contributed by atoms with Gasteiger partial charge in [-0.3, -0.25) is 0 Å². The average molecular weight is 402 g/mol. The first-order chi connectivity index (χ1) is 13.0. The van der Waals surface area contributed by atoms with Crippen molar-refractivity contribution < 1.29 is 31.5 Å². The number of ether oxygens (including phenoxy) is 1. The highest BCUT2D eigenvalue weighted by molar-refractivity contribution is 5.84. The predicted molar refractivity (Wildman–Crippen MR) is 97.3 cm³/mol. The van der Waals surface area contributed by atoms with E-state index in [4.69, 9.17) is 0 Å². The summed E-state index contributed by atoms with van der Waals surface area (Å²) in [5.41, 5.74) is 2.98.